The number of alkyl halides is 3. The lowest BCUT2D eigenvalue weighted by Gasteiger charge is -2.31. The number of hydrogen-bond donors (Lipinski definition) is 2. The Morgan fingerprint density at radius 1 is 1.06 bits per heavy atom. The number of anilines is 1. The standard InChI is InChI=1S/C25H22F3N3O4/c1-35-23-10-6-5-9-21(23)29-16-24(32,25(26,27)28)20-15-30(14-17-7-3-2-4-8-17)22-13-18(31(33)34)11-12-19(20)22/h2-13,15,29,32H,14,16H2,1H3. The van der Waals surface area contributed by atoms with Gasteiger partial charge in [0.05, 0.1) is 29.8 Å². The van der Waals surface area contributed by atoms with Crippen LogP contribution in [0.4, 0.5) is 24.5 Å². The first kappa shape index (κ1) is 24.1. The zero-order chi connectivity index (χ0) is 25.2. The first-order valence-corrected chi connectivity index (χ1v) is 10.6. The summed E-state index contributed by atoms with van der Waals surface area (Å²) in [6, 6.07) is 19.0. The third-order valence-corrected chi connectivity index (χ3v) is 5.83. The number of fused-ring (bicyclic) bond motifs is 1. The van der Waals surface area contributed by atoms with E-state index in [4.69, 9.17) is 4.74 Å². The fraction of sp³-hybridized carbons (Fsp3) is 0.200. The first-order valence-electron chi connectivity index (χ1n) is 10.6. The highest BCUT2D eigenvalue weighted by Crippen LogP contribution is 2.43. The van der Waals surface area contributed by atoms with Gasteiger partial charge in [0.15, 0.2) is 0 Å². The summed E-state index contributed by atoms with van der Waals surface area (Å²) in [7, 11) is 1.39. The van der Waals surface area contributed by atoms with Crippen molar-refractivity contribution in [2.24, 2.45) is 0 Å². The summed E-state index contributed by atoms with van der Waals surface area (Å²) in [6.07, 6.45) is -3.85. The van der Waals surface area contributed by atoms with Crippen molar-refractivity contribution in [3.63, 3.8) is 0 Å². The number of benzene rings is 3. The third-order valence-electron chi connectivity index (χ3n) is 5.83. The van der Waals surface area contributed by atoms with Crippen LogP contribution in [0.1, 0.15) is 11.1 Å². The molecule has 2 N–H and O–H groups in total. The number of rotatable bonds is 8. The molecule has 7 nitrogen and oxygen atoms in total. The summed E-state index contributed by atoms with van der Waals surface area (Å²) in [6.45, 7) is -0.745. The predicted octanol–water partition coefficient (Wildman–Crippen LogP) is 5.47. The summed E-state index contributed by atoms with van der Waals surface area (Å²) in [5, 5.41) is 25.2. The Hall–Kier alpha value is -4.05. The van der Waals surface area contributed by atoms with Crippen molar-refractivity contribution in [2.75, 3.05) is 19.0 Å². The zero-order valence-corrected chi connectivity index (χ0v) is 18.6. The SMILES string of the molecule is COc1ccccc1NCC(O)(c1cn(Cc2ccccc2)c2cc([N+](=O)[O-])ccc12)C(F)(F)F. The molecule has 0 radical (unpaired) electrons. The molecule has 182 valence electrons. The molecule has 4 rings (SSSR count). The summed E-state index contributed by atoms with van der Waals surface area (Å²) < 4.78 is 49.9. The van der Waals surface area contributed by atoms with Gasteiger partial charge in [-0.25, -0.2) is 0 Å². The maximum absolute atomic E-state index is 14.4. The fourth-order valence-electron chi connectivity index (χ4n) is 4.00. The Kier molecular flexibility index (Phi) is 6.40. The van der Waals surface area contributed by atoms with E-state index in [9.17, 15) is 28.4 Å². The van der Waals surface area contributed by atoms with Crippen LogP contribution in [0, 0.1) is 10.1 Å². The summed E-state index contributed by atoms with van der Waals surface area (Å²) in [4.78, 5) is 10.7. The first-order chi connectivity index (χ1) is 16.6. The summed E-state index contributed by atoms with van der Waals surface area (Å²) >= 11 is 0. The van der Waals surface area contributed by atoms with E-state index in [1.165, 1.54) is 36.1 Å². The minimum atomic E-state index is -5.06. The number of nitro groups is 1. The van der Waals surface area contributed by atoms with Crippen molar-refractivity contribution >= 4 is 22.3 Å². The molecule has 0 saturated carbocycles. The molecular formula is C25H22F3N3O4. The molecule has 1 unspecified atom stereocenters. The second kappa shape index (κ2) is 9.30. The number of hydrogen-bond acceptors (Lipinski definition) is 5. The Labute approximate surface area is 198 Å². The lowest BCUT2D eigenvalue weighted by Crippen LogP contribution is -2.47. The second-order valence-electron chi connectivity index (χ2n) is 8.03. The lowest BCUT2D eigenvalue weighted by atomic mass is 9.92. The molecule has 4 aromatic rings. The number of aliphatic hydroxyl groups is 1. The van der Waals surface area contributed by atoms with Crippen LogP contribution in [0.15, 0.2) is 79.0 Å². The van der Waals surface area contributed by atoms with Gasteiger partial charge in [0, 0.05) is 35.8 Å². The molecule has 0 saturated heterocycles. The minimum Gasteiger partial charge on any atom is -0.495 e. The van der Waals surface area contributed by atoms with Crippen LogP contribution in [0.2, 0.25) is 0 Å². The van der Waals surface area contributed by atoms with Crippen molar-refractivity contribution < 1.29 is 27.9 Å². The van der Waals surface area contributed by atoms with Gasteiger partial charge in [0.2, 0.25) is 5.60 Å². The molecule has 0 amide bonds. The largest absolute Gasteiger partial charge is 0.495 e. The molecular weight excluding hydrogens is 463 g/mol. The van der Waals surface area contributed by atoms with Crippen LogP contribution >= 0.6 is 0 Å². The predicted molar refractivity (Wildman–Crippen MR) is 126 cm³/mol. The van der Waals surface area contributed by atoms with E-state index in [2.05, 4.69) is 5.32 Å². The van der Waals surface area contributed by atoms with E-state index in [-0.39, 0.29) is 28.8 Å². The van der Waals surface area contributed by atoms with Crippen molar-refractivity contribution in [2.45, 2.75) is 18.3 Å². The van der Waals surface area contributed by atoms with E-state index >= 15 is 0 Å². The fourth-order valence-corrected chi connectivity index (χ4v) is 4.00. The average Bonchev–Trinajstić information content (AvgIpc) is 3.20. The maximum atomic E-state index is 14.4. The average molecular weight is 485 g/mol. The topological polar surface area (TPSA) is 89.6 Å². The van der Waals surface area contributed by atoms with Gasteiger partial charge in [0.1, 0.15) is 5.75 Å². The molecule has 10 heteroatoms. The number of halogens is 3. The number of methoxy groups -OCH3 is 1. The summed E-state index contributed by atoms with van der Waals surface area (Å²) in [5.74, 6) is 0.319. The number of aromatic nitrogens is 1. The van der Waals surface area contributed by atoms with Gasteiger partial charge in [-0.2, -0.15) is 13.2 Å². The lowest BCUT2D eigenvalue weighted by molar-refractivity contribution is -0.384. The molecule has 1 heterocycles. The van der Waals surface area contributed by atoms with Crippen LogP contribution in [0.3, 0.4) is 0 Å². The van der Waals surface area contributed by atoms with Crippen molar-refractivity contribution in [3.8, 4) is 5.75 Å². The smallest absolute Gasteiger partial charge is 0.423 e. The minimum absolute atomic E-state index is 0.0631. The van der Waals surface area contributed by atoms with Crippen molar-refractivity contribution in [1.29, 1.82) is 0 Å². The van der Waals surface area contributed by atoms with Gasteiger partial charge in [0.25, 0.3) is 5.69 Å². The molecule has 0 aliphatic heterocycles. The van der Waals surface area contributed by atoms with Crippen LogP contribution in [0.25, 0.3) is 10.9 Å². The number of nitro benzene ring substituents is 1. The Bertz CT molecular complexity index is 1360. The highest BCUT2D eigenvalue weighted by atomic mass is 19.4. The van der Waals surface area contributed by atoms with Gasteiger partial charge >= 0.3 is 6.18 Å². The van der Waals surface area contributed by atoms with Crippen LogP contribution < -0.4 is 10.1 Å². The van der Waals surface area contributed by atoms with E-state index in [0.29, 0.717) is 5.75 Å². The Morgan fingerprint density at radius 3 is 2.40 bits per heavy atom. The molecule has 0 bridgehead atoms. The number of para-hydroxylation sites is 2. The van der Waals surface area contributed by atoms with E-state index in [1.807, 2.05) is 0 Å². The van der Waals surface area contributed by atoms with Gasteiger partial charge in [-0.15, -0.1) is 0 Å². The monoisotopic (exact) mass is 485 g/mol. The van der Waals surface area contributed by atoms with E-state index in [1.54, 1.807) is 48.5 Å². The Morgan fingerprint density at radius 2 is 1.74 bits per heavy atom. The van der Waals surface area contributed by atoms with Gasteiger partial charge in [-0.1, -0.05) is 42.5 Å². The quantitative estimate of drug-likeness (QED) is 0.255. The molecule has 0 aliphatic carbocycles. The zero-order valence-electron chi connectivity index (χ0n) is 18.6. The van der Waals surface area contributed by atoms with Crippen LogP contribution in [-0.2, 0) is 12.1 Å². The van der Waals surface area contributed by atoms with Crippen molar-refractivity contribution in [3.05, 3.63) is 100 Å². The van der Waals surface area contributed by atoms with E-state index < -0.39 is 28.8 Å². The maximum Gasteiger partial charge on any atom is 0.423 e. The molecule has 0 aliphatic rings. The molecule has 0 fully saturated rings. The molecule has 0 spiro atoms. The van der Waals surface area contributed by atoms with Crippen LogP contribution in [0.5, 0.6) is 5.75 Å². The van der Waals surface area contributed by atoms with Crippen LogP contribution in [-0.4, -0.2) is 34.4 Å². The number of nitrogens with zero attached hydrogens (tertiary/aromatic N) is 2. The van der Waals surface area contributed by atoms with E-state index in [0.717, 1.165) is 11.6 Å². The van der Waals surface area contributed by atoms with Gasteiger partial charge in [-0.05, 0) is 23.8 Å². The molecule has 35 heavy (non-hydrogen) atoms. The van der Waals surface area contributed by atoms with Gasteiger partial charge in [-0.3, -0.25) is 10.1 Å². The molecule has 1 atom stereocenters. The molecule has 1 aromatic heterocycles. The highest BCUT2D eigenvalue weighted by Gasteiger charge is 2.56. The number of nitrogens with one attached hydrogen (secondary N) is 1. The molecule has 3 aromatic carbocycles. The second-order valence-corrected chi connectivity index (χ2v) is 8.03. The number of ether oxygens (including phenoxy) is 1. The Balaban J connectivity index is 1.84. The third kappa shape index (κ3) is 4.65. The normalized spacial score (nSPS) is 13.4. The van der Waals surface area contributed by atoms with Gasteiger partial charge < -0.3 is 19.7 Å². The number of non-ortho nitro benzene ring substituents is 1. The van der Waals surface area contributed by atoms with Crippen molar-refractivity contribution in [1.82, 2.24) is 4.57 Å². The summed E-state index contributed by atoms with van der Waals surface area (Å²) in [5.41, 5.74) is -2.71. The highest BCUT2D eigenvalue weighted by molar-refractivity contribution is 5.87.